The normalized spacial score (nSPS) is 11.5. The van der Waals surface area contributed by atoms with Crippen LogP contribution in [0.3, 0.4) is 0 Å². The molecule has 7 nitrogen and oxygen atoms in total. The summed E-state index contributed by atoms with van der Waals surface area (Å²) in [6, 6.07) is 0. The number of methoxy groups -OCH3 is 2. The highest BCUT2D eigenvalue weighted by Gasteiger charge is 2.13. The number of nitrogens with two attached hydrogens (primary N) is 2. The maximum atomic E-state index is 8.88. The number of epoxide rings is 1. The summed E-state index contributed by atoms with van der Waals surface area (Å²) in [5.74, 6) is 0. The van der Waals surface area contributed by atoms with Crippen LogP contribution in [0.4, 0.5) is 0 Å². The second-order valence-corrected chi connectivity index (χ2v) is 2.44. The van der Waals surface area contributed by atoms with Crippen LogP contribution in [0, 0.1) is 0 Å². The summed E-state index contributed by atoms with van der Waals surface area (Å²) in [5.41, 5.74) is 9.00. The van der Waals surface area contributed by atoms with Gasteiger partial charge in [0.15, 0.2) is 0 Å². The highest BCUT2D eigenvalue weighted by molar-refractivity contribution is 7.79. The van der Waals surface area contributed by atoms with Gasteiger partial charge in [0.05, 0.1) is 12.7 Å². The molecule has 8 heteroatoms. The molecule has 0 aromatic carbocycles. The van der Waals surface area contributed by atoms with Crippen molar-refractivity contribution in [3.63, 3.8) is 0 Å². The zero-order chi connectivity index (χ0) is 18.5. The Labute approximate surface area is 136 Å². The van der Waals surface area contributed by atoms with Gasteiger partial charge in [-0.15, -0.1) is 0 Å². The van der Waals surface area contributed by atoms with E-state index in [1.165, 1.54) is 27.2 Å². The summed E-state index contributed by atoms with van der Waals surface area (Å²) in [6.45, 7) is 5.82. The minimum absolute atomic E-state index is 0.583. The third-order valence-corrected chi connectivity index (χ3v) is 0.880. The Hall–Kier alpha value is -0.470. The standard InChI is InChI=1S/C3H6O.C3H8O.C2H3NO.C2H6O.2CH5N.CH4S/c1-3-2-4-3;1-3-4-2;1-3-2-4;1-3-2;3*1-2/h3H,2H2,1H3;3H2,1-2H3;1H3;1-2H3;2*2H2,1H3;2H,1H3. The van der Waals surface area contributed by atoms with Gasteiger partial charge in [-0.25, -0.2) is 9.79 Å². The summed E-state index contributed by atoms with van der Waals surface area (Å²) in [7, 11) is 9.31. The molecule has 1 fully saturated rings. The van der Waals surface area contributed by atoms with Gasteiger partial charge in [0, 0.05) is 35.0 Å². The number of thiol groups is 1. The molecule has 0 radical (unpaired) electrons. The number of hydrogen-bond acceptors (Lipinski definition) is 8. The van der Waals surface area contributed by atoms with Crippen LogP contribution in [0.5, 0.6) is 0 Å². The predicted octanol–water partition coefficient (Wildman–Crippen LogP) is 0.968. The predicted molar refractivity (Wildman–Crippen MR) is 95.1 cm³/mol. The van der Waals surface area contributed by atoms with Crippen LogP contribution in [0.2, 0.25) is 0 Å². The average Bonchev–Trinajstić information content (AvgIpc) is 3.36. The van der Waals surface area contributed by atoms with Gasteiger partial charge >= 0.3 is 0 Å². The van der Waals surface area contributed by atoms with Crippen molar-refractivity contribution in [1.82, 2.24) is 0 Å². The van der Waals surface area contributed by atoms with Crippen molar-refractivity contribution in [2.75, 3.05) is 61.9 Å². The number of isocyanates is 1. The molecule has 134 valence electrons. The number of aliphatic imine (C=N–C) groups is 1. The third kappa shape index (κ3) is 292. The van der Waals surface area contributed by atoms with E-state index < -0.39 is 0 Å². The minimum Gasteiger partial charge on any atom is -0.388 e. The van der Waals surface area contributed by atoms with E-state index in [4.69, 9.17) is 9.53 Å². The van der Waals surface area contributed by atoms with Crippen molar-refractivity contribution in [3.8, 4) is 0 Å². The van der Waals surface area contributed by atoms with Crippen molar-refractivity contribution in [1.29, 1.82) is 0 Å². The molecule has 1 aliphatic rings. The fourth-order valence-electron chi connectivity index (χ4n) is 0.0962. The second-order valence-electron chi connectivity index (χ2n) is 2.44. The molecule has 0 aromatic heterocycles. The Kier molecular flexibility index (Phi) is 130. The number of carbonyl (C=O) groups excluding carboxylic acids is 1. The monoisotopic (exact) mass is 331 g/mol. The van der Waals surface area contributed by atoms with Crippen molar-refractivity contribution in [2.24, 2.45) is 16.5 Å². The summed E-state index contributed by atoms with van der Waals surface area (Å²) < 4.78 is 13.5. The lowest BCUT2D eigenvalue weighted by atomic mass is 10.6. The maximum Gasteiger partial charge on any atom is 0.234 e. The molecular formula is C13H37N3O4S. The largest absolute Gasteiger partial charge is 0.388 e. The van der Waals surface area contributed by atoms with Crippen LogP contribution in [-0.4, -0.2) is 74.1 Å². The maximum absolute atomic E-state index is 8.88. The number of rotatable bonds is 1. The van der Waals surface area contributed by atoms with Crippen LogP contribution in [0.15, 0.2) is 4.99 Å². The lowest BCUT2D eigenvalue weighted by Crippen LogP contribution is -1.73. The molecule has 0 saturated carbocycles. The SMILES string of the molecule is CC1CO1.CCOC.CN.CN.CN=C=O.COC.CS. The minimum atomic E-state index is 0.583. The van der Waals surface area contributed by atoms with Crippen LogP contribution in [-0.2, 0) is 19.0 Å². The van der Waals surface area contributed by atoms with Crippen LogP contribution < -0.4 is 11.5 Å². The molecule has 4 N–H and O–H groups in total. The lowest BCUT2D eigenvalue weighted by Gasteiger charge is -1.76. The first-order valence-corrected chi connectivity index (χ1v) is 7.10. The molecule has 21 heavy (non-hydrogen) atoms. The number of nitrogens with zero attached hydrogens (tertiary/aromatic N) is 1. The van der Waals surface area contributed by atoms with Gasteiger partial charge in [0.25, 0.3) is 0 Å². The molecule has 1 atom stereocenters. The highest BCUT2D eigenvalue weighted by Crippen LogP contribution is 2.04. The van der Waals surface area contributed by atoms with Gasteiger partial charge in [-0.1, -0.05) is 0 Å². The van der Waals surface area contributed by atoms with E-state index in [0.717, 1.165) is 13.2 Å². The Morgan fingerprint density at radius 3 is 1.38 bits per heavy atom. The van der Waals surface area contributed by atoms with Crippen LogP contribution in [0.1, 0.15) is 13.8 Å². The number of hydrogen-bond donors (Lipinski definition) is 3. The van der Waals surface area contributed by atoms with Gasteiger partial charge < -0.3 is 25.7 Å². The van der Waals surface area contributed by atoms with E-state index in [2.05, 4.69) is 45.5 Å². The molecule has 1 heterocycles. The fourth-order valence-corrected chi connectivity index (χ4v) is 0.0962. The fraction of sp³-hybridized carbons (Fsp3) is 0.923. The summed E-state index contributed by atoms with van der Waals surface area (Å²) in [6.07, 6.45) is 3.58. The van der Waals surface area contributed by atoms with Gasteiger partial charge in [-0.2, -0.15) is 12.6 Å². The molecule has 0 amide bonds. The molecule has 0 spiro atoms. The van der Waals surface area contributed by atoms with Gasteiger partial charge in [0.1, 0.15) is 0 Å². The van der Waals surface area contributed by atoms with Crippen molar-refractivity contribution in [2.45, 2.75) is 20.0 Å². The van der Waals surface area contributed by atoms with Crippen molar-refractivity contribution in [3.05, 3.63) is 0 Å². The van der Waals surface area contributed by atoms with Crippen LogP contribution in [0.25, 0.3) is 0 Å². The van der Waals surface area contributed by atoms with Gasteiger partial charge in [-0.05, 0) is 34.2 Å². The van der Waals surface area contributed by atoms with Crippen molar-refractivity contribution < 1.29 is 19.0 Å². The third-order valence-electron chi connectivity index (χ3n) is 0.880. The number of ether oxygens (including phenoxy) is 3. The van der Waals surface area contributed by atoms with E-state index in [0.29, 0.717) is 6.10 Å². The average molecular weight is 332 g/mol. The Morgan fingerprint density at radius 1 is 1.24 bits per heavy atom. The van der Waals surface area contributed by atoms with E-state index in [-0.39, 0.29) is 0 Å². The first-order valence-electron chi connectivity index (χ1n) is 6.21. The first-order chi connectivity index (χ1) is 10.1. The zero-order valence-corrected chi connectivity index (χ0v) is 16.1. The molecule has 0 aromatic rings. The Bertz CT molecular complexity index is 143. The van der Waals surface area contributed by atoms with Crippen LogP contribution >= 0.6 is 12.6 Å². The summed E-state index contributed by atoms with van der Waals surface area (Å²) in [4.78, 5) is 11.8. The van der Waals surface area contributed by atoms with E-state index in [9.17, 15) is 0 Å². The Morgan fingerprint density at radius 2 is 1.38 bits per heavy atom. The van der Waals surface area contributed by atoms with E-state index in [1.807, 2.05) is 6.92 Å². The topological polar surface area (TPSA) is 112 Å². The van der Waals surface area contributed by atoms with E-state index in [1.54, 1.807) is 27.6 Å². The van der Waals surface area contributed by atoms with E-state index >= 15 is 0 Å². The first kappa shape index (κ1) is 37.1. The van der Waals surface area contributed by atoms with Gasteiger partial charge in [0.2, 0.25) is 6.08 Å². The molecule has 0 aliphatic carbocycles. The molecule has 1 aliphatic heterocycles. The smallest absolute Gasteiger partial charge is 0.234 e. The van der Waals surface area contributed by atoms with Gasteiger partial charge in [-0.3, -0.25) is 0 Å². The zero-order valence-electron chi connectivity index (χ0n) is 15.2. The molecule has 0 bridgehead atoms. The second kappa shape index (κ2) is 73.8. The molecule has 1 saturated heterocycles. The quantitative estimate of drug-likeness (QED) is 0.286. The lowest BCUT2D eigenvalue weighted by molar-refractivity contribution is 0.215. The Balaban J connectivity index is -0.0000000321. The molecule has 1 unspecified atom stereocenters. The summed E-state index contributed by atoms with van der Waals surface area (Å²) in [5, 5.41) is 0. The molecule has 1 rings (SSSR count). The molecular weight excluding hydrogens is 294 g/mol. The summed E-state index contributed by atoms with van der Waals surface area (Å²) >= 11 is 3.53. The highest BCUT2D eigenvalue weighted by atomic mass is 32.1. The van der Waals surface area contributed by atoms with Crippen molar-refractivity contribution >= 4 is 18.7 Å².